The van der Waals surface area contributed by atoms with Crippen LogP contribution in [0.15, 0.2) is 0 Å². The molecule has 0 spiro atoms. The Morgan fingerprint density at radius 1 is 0.744 bits per heavy atom. The zero-order chi connectivity index (χ0) is 32.6. The van der Waals surface area contributed by atoms with E-state index in [0.717, 1.165) is 20.8 Å². The molecule has 0 radical (unpaired) electrons. The molecule has 2 fully saturated rings. The zero-order valence-corrected chi connectivity index (χ0v) is 23.8. The van der Waals surface area contributed by atoms with E-state index in [-0.39, 0.29) is 0 Å². The highest BCUT2D eigenvalue weighted by Gasteiger charge is 2.49. The fourth-order valence-corrected chi connectivity index (χ4v) is 4.77. The highest BCUT2D eigenvalue weighted by atomic mass is 16.7. The standard InChI is InChI=1S/C24H43N3O16/c1-8(31)25-11(4-28)22(43-24-16(27-10(3)33)21(39)19(37)14(6-30)42-24)17(35)12(34)7-40-23-15(26-9(2)32)20(38)18(36)13(5-29)41-23/h11-24,28-30,34-39H,4-7H2,1-3H3,(H,25,31)(H,26,32)(H,27,33)/t11-,12+,13+,14+,15+,16+,17-,18+,19-,20+,21+,22+,23+,24-/m0/s1. The Balaban J connectivity index is 2.31. The average Bonchev–Trinajstić information content (AvgIpc) is 2.95. The van der Waals surface area contributed by atoms with Crippen LogP contribution in [0.25, 0.3) is 0 Å². The quantitative estimate of drug-likeness (QED) is 0.0849. The van der Waals surface area contributed by atoms with Gasteiger partial charge in [0.2, 0.25) is 17.7 Å². The summed E-state index contributed by atoms with van der Waals surface area (Å²) in [4.78, 5) is 35.3. The molecular weight excluding hydrogens is 586 g/mol. The Labute approximate surface area is 246 Å². The van der Waals surface area contributed by atoms with Crippen LogP contribution in [0.3, 0.4) is 0 Å². The number of carbonyl (C=O) groups excluding carboxylic acids is 3. The van der Waals surface area contributed by atoms with Crippen molar-refractivity contribution in [3.8, 4) is 0 Å². The van der Waals surface area contributed by atoms with Crippen molar-refractivity contribution in [2.24, 2.45) is 0 Å². The van der Waals surface area contributed by atoms with Gasteiger partial charge < -0.3 is 80.9 Å². The largest absolute Gasteiger partial charge is 0.394 e. The van der Waals surface area contributed by atoms with Gasteiger partial charge in [0.25, 0.3) is 0 Å². The van der Waals surface area contributed by atoms with Crippen LogP contribution >= 0.6 is 0 Å². The van der Waals surface area contributed by atoms with Crippen molar-refractivity contribution < 1.29 is 79.3 Å². The van der Waals surface area contributed by atoms with E-state index < -0.39 is 130 Å². The SMILES string of the molecule is CC(=O)N[C@H]1[C@H](O[C@@H]([C@@H](O)[C@H](O)CO[C@@H]2O[C@H](CO)[C@@H](O)[C@H](O)[C@H]2NC(C)=O)[C@H](CO)NC(C)=O)O[C@H](CO)[C@H](O)[C@@H]1O. The summed E-state index contributed by atoms with van der Waals surface area (Å²) >= 11 is 0. The van der Waals surface area contributed by atoms with Gasteiger partial charge in [-0.05, 0) is 0 Å². The lowest BCUT2D eigenvalue weighted by atomic mass is 9.96. The molecule has 14 atom stereocenters. The van der Waals surface area contributed by atoms with Crippen molar-refractivity contribution in [1.29, 1.82) is 0 Å². The predicted molar refractivity (Wildman–Crippen MR) is 138 cm³/mol. The summed E-state index contributed by atoms with van der Waals surface area (Å²) in [5.74, 6) is -2.01. The van der Waals surface area contributed by atoms with E-state index in [0.29, 0.717) is 0 Å². The minimum absolute atomic E-state index is 0.638. The Kier molecular flexibility index (Phi) is 14.5. The molecule has 0 unspecified atom stereocenters. The molecule has 2 aliphatic rings. The molecule has 0 aliphatic carbocycles. The highest BCUT2D eigenvalue weighted by molar-refractivity contribution is 5.74. The van der Waals surface area contributed by atoms with Gasteiger partial charge in [-0.2, -0.15) is 0 Å². The van der Waals surface area contributed by atoms with E-state index >= 15 is 0 Å². The van der Waals surface area contributed by atoms with E-state index in [1.807, 2.05) is 0 Å². The van der Waals surface area contributed by atoms with E-state index in [9.17, 15) is 60.3 Å². The normalized spacial score (nSPS) is 35.7. The van der Waals surface area contributed by atoms with Crippen LogP contribution in [0, 0.1) is 0 Å². The molecule has 0 saturated carbocycles. The first-order valence-electron chi connectivity index (χ1n) is 13.5. The Bertz CT molecular complexity index is 916. The molecule has 0 aromatic heterocycles. The van der Waals surface area contributed by atoms with Crippen molar-refractivity contribution in [1.82, 2.24) is 16.0 Å². The molecule has 12 N–H and O–H groups in total. The molecule has 2 saturated heterocycles. The van der Waals surface area contributed by atoms with Crippen LogP contribution in [0.5, 0.6) is 0 Å². The minimum atomic E-state index is -2.03. The monoisotopic (exact) mass is 629 g/mol. The second-order valence-corrected chi connectivity index (χ2v) is 10.3. The Morgan fingerprint density at radius 3 is 1.63 bits per heavy atom. The molecule has 250 valence electrons. The summed E-state index contributed by atoms with van der Waals surface area (Å²) in [5.41, 5.74) is 0. The summed E-state index contributed by atoms with van der Waals surface area (Å²) in [7, 11) is 0. The van der Waals surface area contributed by atoms with Gasteiger partial charge in [0.15, 0.2) is 12.6 Å². The van der Waals surface area contributed by atoms with E-state index in [2.05, 4.69) is 16.0 Å². The Hall–Kier alpha value is -2.11. The molecular formula is C24H43N3O16. The third-order valence-electron chi connectivity index (χ3n) is 6.94. The van der Waals surface area contributed by atoms with Crippen molar-refractivity contribution in [2.45, 2.75) is 106 Å². The first-order chi connectivity index (χ1) is 20.2. The van der Waals surface area contributed by atoms with Gasteiger partial charge in [0, 0.05) is 20.8 Å². The van der Waals surface area contributed by atoms with Crippen LogP contribution in [0.1, 0.15) is 20.8 Å². The lowest BCUT2D eigenvalue weighted by Gasteiger charge is -2.45. The third kappa shape index (κ3) is 9.69. The fourth-order valence-electron chi connectivity index (χ4n) is 4.77. The molecule has 2 rings (SSSR count). The van der Waals surface area contributed by atoms with E-state index in [1.54, 1.807) is 0 Å². The summed E-state index contributed by atoms with van der Waals surface area (Å²) < 4.78 is 22.1. The predicted octanol–water partition coefficient (Wildman–Crippen LogP) is -7.51. The lowest BCUT2D eigenvalue weighted by molar-refractivity contribution is -0.300. The van der Waals surface area contributed by atoms with Crippen LogP contribution < -0.4 is 16.0 Å². The van der Waals surface area contributed by atoms with Crippen molar-refractivity contribution in [3.63, 3.8) is 0 Å². The molecule has 2 aliphatic heterocycles. The zero-order valence-electron chi connectivity index (χ0n) is 23.8. The fraction of sp³-hybridized carbons (Fsp3) is 0.875. The maximum atomic E-state index is 11.8. The van der Waals surface area contributed by atoms with Crippen molar-refractivity contribution in [2.75, 3.05) is 26.4 Å². The first-order valence-corrected chi connectivity index (χ1v) is 13.5. The van der Waals surface area contributed by atoms with Gasteiger partial charge in [-0.3, -0.25) is 14.4 Å². The number of aliphatic hydroxyl groups excluding tert-OH is 9. The number of nitrogens with one attached hydrogen (secondary N) is 3. The van der Waals surface area contributed by atoms with Gasteiger partial charge in [-0.15, -0.1) is 0 Å². The van der Waals surface area contributed by atoms with Gasteiger partial charge in [0.1, 0.15) is 67.0 Å². The number of aliphatic hydroxyl groups is 9. The number of rotatable bonds is 14. The molecule has 0 bridgehead atoms. The van der Waals surface area contributed by atoms with Gasteiger partial charge in [-0.1, -0.05) is 0 Å². The Morgan fingerprint density at radius 2 is 1.21 bits per heavy atom. The first kappa shape index (κ1) is 37.1. The summed E-state index contributed by atoms with van der Waals surface area (Å²) in [5, 5.41) is 99.4. The number of ether oxygens (including phenoxy) is 4. The smallest absolute Gasteiger partial charge is 0.217 e. The molecule has 43 heavy (non-hydrogen) atoms. The topological polar surface area (TPSA) is 306 Å². The summed E-state index contributed by atoms with van der Waals surface area (Å²) in [6.45, 7) is 0.0919. The molecule has 19 nitrogen and oxygen atoms in total. The highest BCUT2D eigenvalue weighted by Crippen LogP contribution is 2.26. The van der Waals surface area contributed by atoms with Crippen LogP contribution in [0.4, 0.5) is 0 Å². The lowest BCUT2D eigenvalue weighted by Crippen LogP contribution is -2.67. The third-order valence-corrected chi connectivity index (χ3v) is 6.94. The number of hydrogen-bond donors (Lipinski definition) is 12. The van der Waals surface area contributed by atoms with E-state index in [1.165, 1.54) is 0 Å². The van der Waals surface area contributed by atoms with E-state index in [4.69, 9.17) is 18.9 Å². The number of hydrogen-bond acceptors (Lipinski definition) is 16. The molecule has 0 aromatic rings. The molecule has 2 heterocycles. The number of amides is 3. The van der Waals surface area contributed by atoms with Crippen LogP contribution in [-0.2, 0) is 33.3 Å². The number of carbonyl (C=O) groups is 3. The van der Waals surface area contributed by atoms with Crippen LogP contribution in [-0.4, -0.2) is 176 Å². The minimum Gasteiger partial charge on any atom is -0.394 e. The average molecular weight is 630 g/mol. The maximum absolute atomic E-state index is 11.8. The maximum Gasteiger partial charge on any atom is 0.217 e. The summed E-state index contributed by atoms with van der Waals surface area (Å²) in [6, 6.07) is -4.28. The molecule has 0 aromatic carbocycles. The van der Waals surface area contributed by atoms with Gasteiger partial charge in [0.05, 0.1) is 32.5 Å². The van der Waals surface area contributed by atoms with Gasteiger partial charge in [-0.25, -0.2) is 0 Å². The second kappa shape index (κ2) is 16.8. The molecule has 19 heteroatoms. The second-order valence-electron chi connectivity index (χ2n) is 10.3. The van der Waals surface area contributed by atoms with Crippen molar-refractivity contribution in [3.05, 3.63) is 0 Å². The van der Waals surface area contributed by atoms with Crippen LogP contribution in [0.2, 0.25) is 0 Å². The van der Waals surface area contributed by atoms with Gasteiger partial charge >= 0.3 is 0 Å². The van der Waals surface area contributed by atoms with Crippen molar-refractivity contribution >= 4 is 17.7 Å². The summed E-state index contributed by atoms with van der Waals surface area (Å²) in [6.07, 6.45) is -18.4. The molecule has 3 amide bonds.